The van der Waals surface area contributed by atoms with Crippen LogP contribution in [0, 0.1) is 0 Å². The molecule has 1 heterocycles. The lowest BCUT2D eigenvalue weighted by Gasteiger charge is -2.19. The highest BCUT2D eigenvalue weighted by molar-refractivity contribution is 7.80. The minimum atomic E-state index is -0.549. The van der Waals surface area contributed by atoms with Crippen molar-refractivity contribution in [2.75, 3.05) is 47.0 Å². The predicted molar refractivity (Wildman–Crippen MR) is 126 cm³/mol. The van der Waals surface area contributed by atoms with E-state index in [0.29, 0.717) is 34.2 Å². The number of esters is 1. The number of carbonyl (C=O) groups is 2. The number of anilines is 1. The van der Waals surface area contributed by atoms with Crippen LogP contribution in [0.2, 0.25) is 0 Å². The summed E-state index contributed by atoms with van der Waals surface area (Å²) in [5.74, 6) is 1.03. The van der Waals surface area contributed by atoms with Gasteiger partial charge in [0.1, 0.15) is 23.7 Å². The highest BCUT2D eigenvalue weighted by atomic mass is 32.1. The van der Waals surface area contributed by atoms with E-state index in [1.807, 2.05) is 0 Å². The molecule has 0 spiro atoms. The van der Waals surface area contributed by atoms with Crippen LogP contribution in [0.15, 0.2) is 42.1 Å². The molecule has 0 radical (unpaired) electrons. The summed E-state index contributed by atoms with van der Waals surface area (Å²) in [6, 6.07) is 10.2. The van der Waals surface area contributed by atoms with Crippen LogP contribution in [-0.4, -0.2) is 64.0 Å². The molecule has 174 valence electrons. The number of carbonyl (C=O) groups excluding carboxylic acids is 2. The van der Waals surface area contributed by atoms with Crippen LogP contribution in [0.5, 0.6) is 23.0 Å². The quantitative estimate of drug-likeness (QED) is 0.327. The van der Waals surface area contributed by atoms with E-state index in [-0.39, 0.29) is 17.4 Å². The molecule has 0 saturated carbocycles. The van der Waals surface area contributed by atoms with Gasteiger partial charge in [0.2, 0.25) is 0 Å². The number of methoxy groups -OCH3 is 5. The van der Waals surface area contributed by atoms with Crippen LogP contribution in [0.25, 0.3) is 6.08 Å². The number of nitrogens with zero attached hydrogens (tertiary/aromatic N) is 2. The summed E-state index contributed by atoms with van der Waals surface area (Å²) in [5, 5.41) is 0.140. The molecule has 2 aromatic rings. The van der Waals surface area contributed by atoms with E-state index in [1.165, 1.54) is 38.2 Å². The number of benzene rings is 2. The lowest BCUT2D eigenvalue weighted by atomic mass is 10.1. The third kappa shape index (κ3) is 4.70. The smallest absolute Gasteiger partial charge is 0.325 e. The number of rotatable bonds is 8. The Morgan fingerprint density at radius 3 is 2.06 bits per heavy atom. The summed E-state index contributed by atoms with van der Waals surface area (Å²) in [6.45, 7) is -0.241. The maximum atomic E-state index is 13.5. The Kier molecular flexibility index (Phi) is 7.39. The lowest BCUT2D eigenvalue weighted by Crippen LogP contribution is -2.35. The molecule has 3 rings (SSSR count). The van der Waals surface area contributed by atoms with Crippen molar-refractivity contribution in [3.05, 3.63) is 47.7 Å². The van der Waals surface area contributed by atoms with Crippen molar-refractivity contribution in [1.29, 1.82) is 0 Å². The number of hydrogen-bond acceptors (Lipinski definition) is 8. The van der Waals surface area contributed by atoms with Crippen LogP contribution in [-0.2, 0) is 14.3 Å². The molecule has 1 saturated heterocycles. The van der Waals surface area contributed by atoms with Gasteiger partial charge in [-0.1, -0.05) is 0 Å². The van der Waals surface area contributed by atoms with E-state index in [4.69, 9.17) is 35.9 Å². The Labute approximate surface area is 197 Å². The van der Waals surface area contributed by atoms with E-state index < -0.39 is 11.9 Å². The summed E-state index contributed by atoms with van der Waals surface area (Å²) in [5.41, 5.74) is 1.24. The van der Waals surface area contributed by atoms with Gasteiger partial charge >= 0.3 is 5.97 Å². The largest absolute Gasteiger partial charge is 0.497 e. The Morgan fingerprint density at radius 1 is 0.909 bits per heavy atom. The summed E-state index contributed by atoms with van der Waals surface area (Å²) in [6.07, 6.45) is 1.59. The molecule has 0 atom stereocenters. The van der Waals surface area contributed by atoms with E-state index in [1.54, 1.807) is 49.6 Å². The number of amides is 1. The highest BCUT2D eigenvalue weighted by Crippen LogP contribution is 2.37. The molecule has 0 N–H and O–H groups in total. The SMILES string of the molecule is COC(=O)CN1C(=S)N(c2ccc(OC)cc2)C(=O)/C1=C/c1cc(OC)c(OC)cc1OC. The standard InChI is InChI=1S/C23H24N2O7S/c1-28-16-8-6-15(7-9-16)25-22(27)17(24(23(25)33)13-21(26)32-5)10-14-11-19(30-3)20(31-4)12-18(14)29-2/h6-12H,13H2,1-5H3/b17-10-. The molecule has 10 heteroatoms. The van der Waals surface area contributed by atoms with Gasteiger partial charge in [0.25, 0.3) is 5.91 Å². The van der Waals surface area contributed by atoms with Crippen molar-refractivity contribution < 1.29 is 33.3 Å². The topological polar surface area (TPSA) is 86.8 Å². The minimum absolute atomic E-state index is 0.140. The molecular weight excluding hydrogens is 448 g/mol. The first-order valence-corrected chi connectivity index (χ1v) is 10.2. The van der Waals surface area contributed by atoms with Gasteiger partial charge < -0.3 is 28.6 Å². The fourth-order valence-electron chi connectivity index (χ4n) is 3.30. The zero-order valence-corrected chi connectivity index (χ0v) is 19.7. The molecule has 1 amide bonds. The predicted octanol–water partition coefficient (Wildman–Crippen LogP) is 2.87. The van der Waals surface area contributed by atoms with Crippen LogP contribution in [0.3, 0.4) is 0 Å². The van der Waals surface area contributed by atoms with Crippen LogP contribution < -0.4 is 23.8 Å². The normalized spacial score (nSPS) is 14.5. The van der Waals surface area contributed by atoms with Gasteiger partial charge in [-0.25, -0.2) is 0 Å². The van der Waals surface area contributed by atoms with E-state index in [9.17, 15) is 9.59 Å². The first-order chi connectivity index (χ1) is 15.9. The van der Waals surface area contributed by atoms with Crippen LogP contribution in [0.4, 0.5) is 5.69 Å². The van der Waals surface area contributed by atoms with Gasteiger partial charge in [0, 0.05) is 11.6 Å². The molecule has 9 nitrogen and oxygen atoms in total. The summed E-state index contributed by atoms with van der Waals surface area (Å²) >= 11 is 5.57. The maximum Gasteiger partial charge on any atom is 0.325 e. The van der Waals surface area contributed by atoms with Gasteiger partial charge in [-0.15, -0.1) is 0 Å². The molecule has 1 fully saturated rings. The molecule has 0 aromatic heterocycles. The fourth-order valence-corrected chi connectivity index (χ4v) is 3.65. The summed E-state index contributed by atoms with van der Waals surface area (Å²) in [7, 11) is 7.34. The lowest BCUT2D eigenvalue weighted by molar-refractivity contribution is -0.140. The molecule has 1 aliphatic heterocycles. The second-order valence-electron chi connectivity index (χ2n) is 6.76. The average Bonchev–Trinajstić information content (AvgIpc) is 3.07. The summed E-state index contributed by atoms with van der Waals surface area (Å²) in [4.78, 5) is 28.3. The highest BCUT2D eigenvalue weighted by Gasteiger charge is 2.40. The Bertz CT molecular complexity index is 1100. The molecule has 0 unspecified atom stereocenters. The van der Waals surface area contributed by atoms with Crippen LogP contribution >= 0.6 is 12.2 Å². The van der Waals surface area contributed by atoms with E-state index in [2.05, 4.69) is 0 Å². The molecule has 2 aromatic carbocycles. The first-order valence-electron chi connectivity index (χ1n) is 9.77. The van der Waals surface area contributed by atoms with Gasteiger partial charge in [-0.3, -0.25) is 14.5 Å². The Morgan fingerprint density at radius 2 is 1.52 bits per heavy atom. The second kappa shape index (κ2) is 10.2. The van der Waals surface area contributed by atoms with Crippen molar-refractivity contribution in [2.24, 2.45) is 0 Å². The zero-order chi connectivity index (χ0) is 24.1. The Hall–Kier alpha value is -3.79. The number of ether oxygens (including phenoxy) is 5. The number of hydrogen-bond donors (Lipinski definition) is 0. The molecular formula is C23H24N2O7S. The van der Waals surface area contributed by atoms with Gasteiger partial charge in [-0.2, -0.15) is 0 Å². The van der Waals surface area contributed by atoms with Crippen molar-refractivity contribution >= 4 is 41.0 Å². The minimum Gasteiger partial charge on any atom is -0.497 e. The monoisotopic (exact) mass is 472 g/mol. The maximum absolute atomic E-state index is 13.5. The zero-order valence-electron chi connectivity index (χ0n) is 18.9. The van der Waals surface area contributed by atoms with Gasteiger partial charge in [0.05, 0.1) is 41.2 Å². The second-order valence-corrected chi connectivity index (χ2v) is 7.13. The Balaban J connectivity index is 2.12. The average molecular weight is 473 g/mol. The van der Waals surface area contributed by atoms with Crippen molar-refractivity contribution in [1.82, 2.24) is 4.90 Å². The third-order valence-electron chi connectivity index (χ3n) is 5.01. The molecule has 0 bridgehead atoms. The number of thiocarbonyl (C=S) groups is 1. The summed E-state index contributed by atoms with van der Waals surface area (Å²) < 4.78 is 26.2. The molecule has 0 aliphatic carbocycles. The van der Waals surface area contributed by atoms with Gasteiger partial charge in [-0.05, 0) is 48.6 Å². The van der Waals surface area contributed by atoms with E-state index >= 15 is 0 Å². The molecule has 1 aliphatic rings. The fraction of sp³-hybridized carbons (Fsp3) is 0.261. The molecule has 33 heavy (non-hydrogen) atoms. The van der Waals surface area contributed by atoms with E-state index in [0.717, 1.165) is 0 Å². The van der Waals surface area contributed by atoms with Crippen molar-refractivity contribution in [2.45, 2.75) is 0 Å². The third-order valence-corrected chi connectivity index (χ3v) is 5.41. The van der Waals surface area contributed by atoms with Gasteiger partial charge in [0.15, 0.2) is 16.6 Å². The first kappa shape index (κ1) is 23.9. The van der Waals surface area contributed by atoms with Crippen LogP contribution in [0.1, 0.15) is 5.56 Å². The van der Waals surface area contributed by atoms with Crippen molar-refractivity contribution in [3.63, 3.8) is 0 Å². The van der Waals surface area contributed by atoms with Crippen molar-refractivity contribution in [3.8, 4) is 23.0 Å².